The minimum Gasteiger partial charge on any atom is -0.495 e. The van der Waals surface area contributed by atoms with Crippen LogP contribution < -0.4 is 10.1 Å². The number of benzene rings is 2. The largest absolute Gasteiger partial charge is 0.495 e. The Balaban J connectivity index is 1.80. The molecule has 2 aromatic carbocycles. The van der Waals surface area contributed by atoms with Crippen molar-refractivity contribution in [2.75, 3.05) is 12.4 Å². The fourth-order valence-corrected chi connectivity index (χ4v) is 2.76. The number of para-hydroxylation sites is 2. The van der Waals surface area contributed by atoms with Crippen molar-refractivity contribution in [1.82, 2.24) is 4.57 Å². The fourth-order valence-electron chi connectivity index (χ4n) is 2.76. The van der Waals surface area contributed by atoms with E-state index in [0.717, 1.165) is 5.56 Å². The highest BCUT2D eigenvalue weighted by Crippen LogP contribution is 2.26. The molecule has 0 radical (unpaired) electrons. The summed E-state index contributed by atoms with van der Waals surface area (Å²) in [6.07, 6.45) is 4.01. The van der Waals surface area contributed by atoms with Crippen LogP contribution in [0.15, 0.2) is 73.1 Å². The normalized spacial score (nSPS) is 11.8. The third-order valence-electron chi connectivity index (χ3n) is 4.00. The van der Waals surface area contributed by atoms with E-state index < -0.39 is 0 Å². The van der Waals surface area contributed by atoms with E-state index in [2.05, 4.69) is 5.32 Å². The van der Waals surface area contributed by atoms with E-state index in [9.17, 15) is 9.18 Å². The van der Waals surface area contributed by atoms with Crippen molar-refractivity contribution in [2.24, 2.45) is 0 Å². The smallest absolute Gasteiger partial charge is 0.226 e. The van der Waals surface area contributed by atoms with Gasteiger partial charge in [-0.1, -0.05) is 24.3 Å². The van der Waals surface area contributed by atoms with E-state index in [1.54, 1.807) is 31.4 Å². The van der Waals surface area contributed by atoms with Crippen LogP contribution in [-0.4, -0.2) is 17.6 Å². The van der Waals surface area contributed by atoms with Gasteiger partial charge >= 0.3 is 0 Å². The number of nitrogens with zero attached hydrogens (tertiary/aromatic N) is 1. The molecule has 4 nitrogen and oxygen atoms in total. The van der Waals surface area contributed by atoms with Gasteiger partial charge < -0.3 is 14.6 Å². The van der Waals surface area contributed by atoms with E-state index in [0.29, 0.717) is 11.4 Å². The zero-order valence-electron chi connectivity index (χ0n) is 13.9. The molecule has 128 valence electrons. The van der Waals surface area contributed by atoms with Crippen LogP contribution in [0.4, 0.5) is 10.1 Å². The summed E-state index contributed by atoms with van der Waals surface area (Å²) < 4.78 is 20.4. The van der Waals surface area contributed by atoms with Crippen molar-refractivity contribution in [1.29, 1.82) is 0 Å². The first kappa shape index (κ1) is 16.8. The van der Waals surface area contributed by atoms with E-state index >= 15 is 0 Å². The summed E-state index contributed by atoms with van der Waals surface area (Å²) in [5.41, 5.74) is 1.49. The van der Waals surface area contributed by atoms with E-state index in [-0.39, 0.29) is 24.2 Å². The minimum atomic E-state index is -0.298. The number of carbonyl (C=O) groups is 1. The van der Waals surface area contributed by atoms with Crippen molar-refractivity contribution in [2.45, 2.75) is 12.5 Å². The number of anilines is 1. The lowest BCUT2D eigenvalue weighted by molar-refractivity contribution is -0.116. The van der Waals surface area contributed by atoms with E-state index in [1.165, 1.54) is 12.1 Å². The van der Waals surface area contributed by atoms with Crippen LogP contribution >= 0.6 is 0 Å². The molecule has 3 rings (SSSR count). The summed E-state index contributed by atoms with van der Waals surface area (Å²) in [6.45, 7) is 0. The van der Waals surface area contributed by atoms with Gasteiger partial charge in [0.15, 0.2) is 0 Å². The lowest BCUT2D eigenvalue weighted by Gasteiger charge is -2.20. The van der Waals surface area contributed by atoms with Crippen LogP contribution in [0.1, 0.15) is 18.0 Å². The second kappa shape index (κ2) is 7.66. The molecule has 1 amide bonds. The van der Waals surface area contributed by atoms with Gasteiger partial charge in [-0.05, 0) is 42.0 Å². The molecule has 0 aliphatic heterocycles. The van der Waals surface area contributed by atoms with Gasteiger partial charge in [0.1, 0.15) is 11.6 Å². The molecule has 0 saturated carbocycles. The molecule has 0 fully saturated rings. The molecule has 25 heavy (non-hydrogen) atoms. The van der Waals surface area contributed by atoms with Crippen LogP contribution in [0.3, 0.4) is 0 Å². The summed E-state index contributed by atoms with van der Waals surface area (Å²) in [4.78, 5) is 12.6. The zero-order chi connectivity index (χ0) is 17.6. The molecule has 1 atom stereocenters. The van der Waals surface area contributed by atoms with Gasteiger partial charge in [-0.2, -0.15) is 0 Å². The molecule has 1 aromatic heterocycles. The van der Waals surface area contributed by atoms with Crippen molar-refractivity contribution < 1.29 is 13.9 Å². The number of aromatic nitrogens is 1. The number of methoxy groups -OCH3 is 1. The zero-order valence-corrected chi connectivity index (χ0v) is 13.9. The SMILES string of the molecule is COc1ccccc1NC(=O)CC(c1ccc(F)cc1)n1cccc1. The average molecular weight is 338 g/mol. The molecule has 5 heteroatoms. The molecular formula is C20H19FN2O2. The highest BCUT2D eigenvalue weighted by atomic mass is 19.1. The number of carbonyl (C=O) groups excluding carboxylic acids is 1. The highest BCUT2D eigenvalue weighted by Gasteiger charge is 2.18. The third-order valence-corrected chi connectivity index (χ3v) is 4.00. The molecule has 0 bridgehead atoms. The number of hydrogen-bond acceptors (Lipinski definition) is 2. The summed E-state index contributed by atoms with van der Waals surface area (Å²) in [7, 11) is 1.56. The Morgan fingerprint density at radius 2 is 1.76 bits per heavy atom. The second-order valence-corrected chi connectivity index (χ2v) is 5.65. The van der Waals surface area contributed by atoms with Crippen LogP contribution in [0.25, 0.3) is 0 Å². The Morgan fingerprint density at radius 1 is 1.08 bits per heavy atom. The second-order valence-electron chi connectivity index (χ2n) is 5.65. The molecule has 0 saturated heterocycles. The maximum atomic E-state index is 13.2. The van der Waals surface area contributed by atoms with Gasteiger partial charge in [-0.25, -0.2) is 4.39 Å². The fraction of sp³-hybridized carbons (Fsp3) is 0.150. The van der Waals surface area contributed by atoms with Crippen molar-refractivity contribution in [3.05, 3.63) is 84.4 Å². The third kappa shape index (κ3) is 4.07. The van der Waals surface area contributed by atoms with Crippen LogP contribution in [0.2, 0.25) is 0 Å². The summed E-state index contributed by atoms with van der Waals surface area (Å²) in [5, 5.41) is 2.88. The van der Waals surface area contributed by atoms with Gasteiger partial charge in [0.05, 0.1) is 25.3 Å². The quantitative estimate of drug-likeness (QED) is 0.730. The summed E-state index contributed by atoms with van der Waals surface area (Å²) >= 11 is 0. The Labute approximate surface area is 145 Å². The first-order chi connectivity index (χ1) is 12.2. The van der Waals surface area contributed by atoms with Gasteiger partial charge in [0.2, 0.25) is 5.91 Å². The average Bonchev–Trinajstić information content (AvgIpc) is 3.15. The van der Waals surface area contributed by atoms with E-state index in [1.807, 2.05) is 41.2 Å². The number of ether oxygens (including phenoxy) is 1. The predicted octanol–water partition coefficient (Wildman–Crippen LogP) is 4.25. The van der Waals surface area contributed by atoms with Crippen LogP contribution in [0.5, 0.6) is 5.75 Å². The molecule has 1 heterocycles. The molecular weight excluding hydrogens is 319 g/mol. The minimum absolute atomic E-state index is 0.146. The molecule has 0 aliphatic carbocycles. The lowest BCUT2D eigenvalue weighted by Crippen LogP contribution is -2.20. The van der Waals surface area contributed by atoms with Gasteiger partial charge in [0.25, 0.3) is 0 Å². The van der Waals surface area contributed by atoms with Gasteiger partial charge in [-0.15, -0.1) is 0 Å². The van der Waals surface area contributed by atoms with Crippen molar-refractivity contribution in [3.63, 3.8) is 0 Å². The lowest BCUT2D eigenvalue weighted by atomic mass is 10.0. The van der Waals surface area contributed by atoms with Gasteiger partial charge in [0, 0.05) is 12.4 Å². The molecule has 0 aliphatic rings. The topological polar surface area (TPSA) is 43.3 Å². The van der Waals surface area contributed by atoms with Crippen LogP contribution in [0, 0.1) is 5.82 Å². The Hall–Kier alpha value is -3.08. The predicted molar refractivity (Wildman–Crippen MR) is 95.2 cm³/mol. The van der Waals surface area contributed by atoms with E-state index in [4.69, 9.17) is 4.74 Å². The summed E-state index contributed by atoms with van der Waals surface area (Å²) in [5.74, 6) is 0.163. The molecule has 1 unspecified atom stereocenters. The Bertz CT molecular complexity index is 829. The number of amides is 1. The standard InChI is InChI=1S/C20H19FN2O2/c1-25-19-7-3-2-6-17(19)22-20(24)14-18(23-12-4-5-13-23)15-8-10-16(21)11-9-15/h2-13,18H,14H2,1H3,(H,22,24). The number of halogens is 1. The first-order valence-electron chi connectivity index (χ1n) is 7.98. The summed E-state index contributed by atoms with van der Waals surface area (Å²) in [6, 6.07) is 17.1. The monoisotopic (exact) mass is 338 g/mol. The number of nitrogens with one attached hydrogen (secondary N) is 1. The Kier molecular flexibility index (Phi) is 5.14. The van der Waals surface area contributed by atoms with Crippen molar-refractivity contribution >= 4 is 11.6 Å². The first-order valence-corrected chi connectivity index (χ1v) is 7.98. The maximum Gasteiger partial charge on any atom is 0.226 e. The molecule has 0 spiro atoms. The highest BCUT2D eigenvalue weighted by molar-refractivity contribution is 5.92. The Morgan fingerprint density at radius 3 is 2.44 bits per heavy atom. The number of rotatable bonds is 6. The van der Waals surface area contributed by atoms with Crippen LogP contribution in [-0.2, 0) is 4.79 Å². The maximum absolute atomic E-state index is 13.2. The number of hydrogen-bond donors (Lipinski definition) is 1. The van der Waals surface area contributed by atoms with Crippen molar-refractivity contribution in [3.8, 4) is 5.75 Å². The molecule has 3 aromatic rings. The molecule has 1 N–H and O–H groups in total. The van der Waals surface area contributed by atoms with Gasteiger partial charge in [-0.3, -0.25) is 4.79 Å².